The number of esters is 1. The van der Waals surface area contributed by atoms with Crippen molar-refractivity contribution in [1.82, 2.24) is 0 Å². The Balaban J connectivity index is 2.02. The van der Waals surface area contributed by atoms with Gasteiger partial charge in [-0.05, 0) is 35.4 Å². The summed E-state index contributed by atoms with van der Waals surface area (Å²) in [6.45, 7) is 1.11. The van der Waals surface area contributed by atoms with Crippen molar-refractivity contribution in [1.29, 1.82) is 0 Å². The average Bonchev–Trinajstić information content (AvgIpc) is 2.79. The molecule has 1 aliphatic heterocycles. The molecule has 2 aromatic rings. The van der Waals surface area contributed by atoms with Crippen molar-refractivity contribution in [3.63, 3.8) is 0 Å². The van der Waals surface area contributed by atoms with E-state index in [1.807, 2.05) is 0 Å². The van der Waals surface area contributed by atoms with Gasteiger partial charge in [0.1, 0.15) is 0 Å². The lowest BCUT2D eigenvalue weighted by molar-refractivity contribution is -0.147. The highest BCUT2D eigenvalue weighted by atomic mass is 35.5. The zero-order valence-electron chi connectivity index (χ0n) is 13.9. The van der Waals surface area contributed by atoms with Gasteiger partial charge in [-0.15, -0.1) is 0 Å². The van der Waals surface area contributed by atoms with Crippen molar-refractivity contribution in [3.8, 4) is 0 Å². The molecule has 0 radical (unpaired) electrons. The summed E-state index contributed by atoms with van der Waals surface area (Å²) >= 11 is 5.92. The molecule has 0 aromatic heterocycles. The van der Waals surface area contributed by atoms with Crippen LogP contribution in [0.2, 0.25) is 5.02 Å². The third-order valence-electron chi connectivity index (χ3n) is 4.17. The average molecular weight is 395 g/mol. The highest BCUT2D eigenvalue weighted by Crippen LogP contribution is 2.44. The molecule has 0 fully saturated rings. The quantitative estimate of drug-likeness (QED) is 0.736. The second-order valence-electron chi connectivity index (χ2n) is 6.02. The minimum Gasteiger partial charge on any atom is -0.454 e. The first-order chi connectivity index (χ1) is 12.2. The fraction of sp³-hybridized carbons (Fsp3) is 0.211. The van der Waals surface area contributed by atoms with Crippen LogP contribution in [0.1, 0.15) is 18.1 Å². The lowest BCUT2D eigenvalue weighted by Crippen LogP contribution is -2.44. The first kappa shape index (κ1) is 18.6. The van der Waals surface area contributed by atoms with E-state index >= 15 is 4.39 Å². The molecule has 0 saturated carbocycles. The van der Waals surface area contributed by atoms with Crippen molar-refractivity contribution in [2.24, 2.45) is 0 Å². The van der Waals surface area contributed by atoms with Crippen LogP contribution >= 0.6 is 11.6 Å². The number of carbonyl (C=O) groups is 1. The molecular formula is C19H16ClFO4S. The number of sulfone groups is 1. The minimum atomic E-state index is -4.32. The SMILES string of the molecule is CC(=O)OC(/C=C/c1cccc(Cl)c1)C1(F)Cc2ccccc2S1(=O)=O. The summed E-state index contributed by atoms with van der Waals surface area (Å²) in [7, 11) is -4.32. The molecule has 2 atom stereocenters. The number of benzene rings is 2. The Morgan fingerprint density at radius 1 is 1.27 bits per heavy atom. The zero-order chi connectivity index (χ0) is 18.9. The maximum absolute atomic E-state index is 15.7. The van der Waals surface area contributed by atoms with Crippen LogP contribution in [0.3, 0.4) is 0 Å². The topological polar surface area (TPSA) is 60.4 Å². The number of carbonyl (C=O) groups excluding carboxylic acids is 1. The first-order valence-corrected chi connectivity index (χ1v) is 9.72. The molecule has 4 nitrogen and oxygen atoms in total. The van der Waals surface area contributed by atoms with E-state index in [9.17, 15) is 13.2 Å². The number of halogens is 2. The highest BCUT2D eigenvalue weighted by molar-refractivity contribution is 7.93. The van der Waals surface area contributed by atoms with Gasteiger partial charge >= 0.3 is 5.97 Å². The molecule has 26 heavy (non-hydrogen) atoms. The fourth-order valence-electron chi connectivity index (χ4n) is 2.96. The lowest BCUT2D eigenvalue weighted by atomic mass is 10.0. The molecule has 136 valence electrons. The second-order valence-corrected chi connectivity index (χ2v) is 8.58. The number of hydrogen-bond donors (Lipinski definition) is 0. The van der Waals surface area contributed by atoms with Gasteiger partial charge in [0.15, 0.2) is 6.10 Å². The molecular weight excluding hydrogens is 379 g/mol. The van der Waals surface area contributed by atoms with E-state index in [0.717, 1.165) is 6.92 Å². The molecule has 0 saturated heterocycles. The van der Waals surface area contributed by atoms with Crippen molar-refractivity contribution in [2.75, 3.05) is 0 Å². The van der Waals surface area contributed by atoms with Gasteiger partial charge in [-0.3, -0.25) is 4.79 Å². The van der Waals surface area contributed by atoms with Crippen LogP contribution in [-0.2, 0) is 25.8 Å². The third kappa shape index (κ3) is 3.27. The number of hydrogen-bond acceptors (Lipinski definition) is 4. The molecule has 0 N–H and O–H groups in total. The van der Waals surface area contributed by atoms with Crippen molar-refractivity contribution in [3.05, 3.63) is 70.8 Å². The van der Waals surface area contributed by atoms with E-state index in [4.69, 9.17) is 16.3 Å². The molecule has 2 aromatic carbocycles. The standard InChI is InChI=1S/C19H16ClFO4S/c1-13(22)25-18(10-9-14-5-4-7-16(20)11-14)19(21)12-15-6-2-3-8-17(15)26(19,23)24/h2-11,18H,12H2,1H3/b10-9+. The lowest BCUT2D eigenvalue weighted by Gasteiger charge is -2.26. The van der Waals surface area contributed by atoms with Crippen molar-refractivity contribution >= 4 is 33.5 Å². The van der Waals surface area contributed by atoms with E-state index in [-0.39, 0.29) is 11.3 Å². The smallest absolute Gasteiger partial charge is 0.303 e. The van der Waals surface area contributed by atoms with Gasteiger partial charge in [0.2, 0.25) is 9.84 Å². The number of fused-ring (bicyclic) bond motifs is 1. The van der Waals surface area contributed by atoms with Crippen LogP contribution < -0.4 is 0 Å². The van der Waals surface area contributed by atoms with E-state index in [0.29, 0.717) is 16.1 Å². The van der Waals surface area contributed by atoms with Crippen LogP contribution in [0.25, 0.3) is 6.08 Å². The van der Waals surface area contributed by atoms with Gasteiger partial charge in [-0.1, -0.05) is 48.0 Å². The maximum atomic E-state index is 15.7. The Morgan fingerprint density at radius 2 is 2.00 bits per heavy atom. The summed E-state index contributed by atoms with van der Waals surface area (Å²) in [4.78, 5) is 11.4. The molecule has 0 aliphatic carbocycles. The van der Waals surface area contributed by atoms with Crippen LogP contribution in [0, 0.1) is 0 Å². The Hall–Kier alpha value is -2.18. The predicted octanol–water partition coefficient (Wildman–Crippen LogP) is 3.98. The van der Waals surface area contributed by atoms with Crippen molar-refractivity contribution < 1.29 is 22.3 Å². The van der Waals surface area contributed by atoms with E-state index in [1.165, 1.54) is 24.3 Å². The van der Waals surface area contributed by atoms with Gasteiger partial charge in [0.05, 0.1) is 4.90 Å². The largest absolute Gasteiger partial charge is 0.454 e. The Bertz CT molecular complexity index is 987. The Morgan fingerprint density at radius 3 is 2.65 bits per heavy atom. The van der Waals surface area contributed by atoms with Crippen molar-refractivity contribution in [2.45, 2.75) is 29.3 Å². The second kappa shape index (κ2) is 6.85. The predicted molar refractivity (Wildman–Crippen MR) is 97.2 cm³/mol. The maximum Gasteiger partial charge on any atom is 0.303 e. The summed E-state index contributed by atoms with van der Waals surface area (Å²) in [6.07, 6.45) is 0.760. The number of ether oxygens (including phenoxy) is 1. The molecule has 7 heteroatoms. The molecule has 0 bridgehead atoms. The van der Waals surface area contributed by atoms with Crippen LogP contribution in [0.15, 0.2) is 59.5 Å². The molecule has 3 rings (SSSR count). The van der Waals surface area contributed by atoms with E-state index in [1.54, 1.807) is 36.4 Å². The summed E-state index contributed by atoms with van der Waals surface area (Å²) in [5, 5.41) is -2.29. The Kier molecular flexibility index (Phi) is 4.90. The molecule has 1 heterocycles. The van der Waals surface area contributed by atoms with Gasteiger partial charge in [-0.2, -0.15) is 0 Å². The molecule has 2 unspecified atom stereocenters. The zero-order valence-corrected chi connectivity index (χ0v) is 15.4. The first-order valence-electron chi connectivity index (χ1n) is 7.86. The number of rotatable bonds is 4. The molecule has 1 aliphatic rings. The minimum absolute atomic E-state index is 0.0733. The fourth-order valence-corrected chi connectivity index (χ4v) is 5.05. The summed E-state index contributed by atoms with van der Waals surface area (Å²) in [6, 6.07) is 12.8. The van der Waals surface area contributed by atoms with Crippen LogP contribution in [0.5, 0.6) is 0 Å². The summed E-state index contributed by atoms with van der Waals surface area (Å²) in [5.74, 6) is -0.770. The normalized spacial score (nSPS) is 22.1. The Labute approximate surface area is 156 Å². The van der Waals surface area contributed by atoms with E-state index < -0.39 is 26.9 Å². The van der Waals surface area contributed by atoms with Crippen LogP contribution in [-0.4, -0.2) is 25.5 Å². The van der Waals surface area contributed by atoms with E-state index in [2.05, 4.69) is 0 Å². The molecule has 0 spiro atoms. The third-order valence-corrected chi connectivity index (χ3v) is 6.65. The highest BCUT2D eigenvalue weighted by Gasteiger charge is 2.58. The monoisotopic (exact) mass is 394 g/mol. The van der Waals surface area contributed by atoms with Crippen LogP contribution in [0.4, 0.5) is 4.39 Å². The molecule has 0 amide bonds. The number of alkyl halides is 1. The van der Waals surface area contributed by atoms with Gasteiger partial charge in [0, 0.05) is 18.4 Å². The van der Waals surface area contributed by atoms with Gasteiger partial charge in [-0.25, -0.2) is 12.8 Å². The van der Waals surface area contributed by atoms with Gasteiger partial charge < -0.3 is 4.74 Å². The summed E-state index contributed by atoms with van der Waals surface area (Å²) in [5.41, 5.74) is 0.995. The summed E-state index contributed by atoms with van der Waals surface area (Å²) < 4.78 is 46.3. The van der Waals surface area contributed by atoms with Gasteiger partial charge in [0.25, 0.3) is 5.00 Å².